The number of carbonyl (C=O) groups is 3. The van der Waals surface area contributed by atoms with E-state index in [0.717, 1.165) is 63.7 Å². The van der Waals surface area contributed by atoms with E-state index in [1.807, 2.05) is 0 Å². The molecule has 61 heavy (non-hydrogen) atoms. The Labute approximate surface area is 380 Å². The third-order valence-corrected chi connectivity index (χ3v) is 12.5. The minimum absolute atomic E-state index is 0.0625. The average molecular weight is 863 g/mol. The summed E-state index contributed by atoms with van der Waals surface area (Å²) in [6, 6.07) is 0. The topological polar surface area (TPSA) is 78.9 Å². The van der Waals surface area contributed by atoms with Crippen molar-refractivity contribution in [3.8, 4) is 0 Å². The number of esters is 3. The largest absolute Gasteiger partial charge is 0.462 e. The number of hydrogen-bond donors (Lipinski definition) is 0. The van der Waals surface area contributed by atoms with Crippen molar-refractivity contribution in [2.45, 2.75) is 316 Å². The number of carbonyl (C=O) groups excluding carboxylic acids is 3. The molecule has 0 fully saturated rings. The zero-order valence-electron chi connectivity index (χ0n) is 41.6. The van der Waals surface area contributed by atoms with Gasteiger partial charge in [-0.3, -0.25) is 14.4 Å². The Hall–Kier alpha value is -1.59. The van der Waals surface area contributed by atoms with E-state index in [4.69, 9.17) is 14.2 Å². The number of ether oxygens (including phenoxy) is 3. The lowest BCUT2D eigenvalue weighted by atomic mass is 10.0. The van der Waals surface area contributed by atoms with Gasteiger partial charge in [-0.25, -0.2) is 0 Å². The van der Waals surface area contributed by atoms with Gasteiger partial charge in [-0.05, 0) is 25.2 Å². The Bertz CT molecular complexity index is 918. The summed E-state index contributed by atoms with van der Waals surface area (Å²) in [7, 11) is 0. The molecule has 0 heterocycles. The minimum atomic E-state index is -0.761. The number of unbranched alkanes of at least 4 members (excludes halogenated alkanes) is 37. The Kier molecular flexibility index (Phi) is 48.1. The fraction of sp³-hybridized carbons (Fsp3) is 0.945. The van der Waals surface area contributed by atoms with Crippen molar-refractivity contribution in [1.82, 2.24) is 0 Å². The molecule has 1 atom stereocenters. The average Bonchev–Trinajstić information content (AvgIpc) is 3.24. The molecule has 0 aromatic rings. The summed E-state index contributed by atoms with van der Waals surface area (Å²) < 4.78 is 16.8. The van der Waals surface area contributed by atoms with Gasteiger partial charge in [0.1, 0.15) is 13.2 Å². The molecule has 0 aromatic carbocycles. The van der Waals surface area contributed by atoms with Crippen LogP contribution in [0, 0.1) is 5.92 Å². The van der Waals surface area contributed by atoms with Crippen LogP contribution < -0.4 is 0 Å². The van der Waals surface area contributed by atoms with Crippen molar-refractivity contribution >= 4 is 17.9 Å². The molecule has 0 aliphatic rings. The summed E-state index contributed by atoms with van der Waals surface area (Å²) in [6.07, 6.45) is 52.4. The molecular weight excluding hydrogens is 757 g/mol. The molecule has 0 aliphatic heterocycles. The Balaban J connectivity index is 4.23. The van der Waals surface area contributed by atoms with Crippen LogP contribution in [0.3, 0.4) is 0 Å². The van der Waals surface area contributed by atoms with E-state index < -0.39 is 6.10 Å². The monoisotopic (exact) mass is 863 g/mol. The van der Waals surface area contributed by atoms with E-state index in [0.29, 0.717) is 19.3 Å². The normalized spacial score (nSPS) is 12.0. The Morgan fingerprint density at radius 2 is 0.541 bits per heavy atom. The molecule has 0 rings (SSSR count). The minimum Gasteiger partial charge on any atom is -0.462 e. The van der Waals surface area contributed by atoms with Crippen molar-refractivity contribution < 1.29 is 28.6 Å². The molecule has 0 N–H and O–H groups in total. The van der Waals surface area contributed by atoms with Crippen molar-refractivity contribution in [3.05, 3.63) is 0 Å². The molecule has 0 saturated heterocycles. The van der Waals surface area contributed by atoms with E-state index in [-0.39, 0.29) is 31.1 Å². The lowest BCUT2D eigenvalue weighted by Gasteiger charge is -2.18. The molecule has 0 spiro atoms. The van der Waals surface area contributed by atoms with Crippen LogP contribution in [0.5, 0.6) is 0 Å². The van der Waals surface area contributed by atoms with E-state index in [1.54, 1.807) is 0 Å². The van der Waals surface area contributed by atoms with Crippen molar-refractivity contribution in [1.29, 1.82) is 0 Å². The summed E-state index contributed by atoms with van der Waals surface area (Å²) in [6.45, 7) is 9.02. The van der Waals surface area contributed by atoms with Gasteiger partial charge >= 0.3 is 17.9 Å². The second kappa shape index (κ2) is 49.4. The van der Waals surface area contributed by atoms with E-state index in [2.05, 4.69) is 27.7 Å². The third-order valence-electron chi connectivity index (χ3n) is 12.5. The third kappa shape index (κ3) is 49.3. The first-order chi connectivity index (χ1) is 29.9. The predicted molar refractivity (Wildman–Crippen MR) is 261 cm³/mol. The Morgan fingerprint density at radius 3 is 0.803 bits per heavy atom. The van der Waals surface area contributed by atoms with Crippen LogP contribution in [0.1, 0.15) is 310 Å². The van der Waals surface area contributed by atoms with E-state index in [1.165, 1.54) is 205 Å². The first kappa shape index (κ1) is 59.4. The summed E-state index contributed by atoms with van der Waals surface area (Å²) in [5.74, 6) is -0.0239. The molecule has 0 aliphatic carbocycles. The highest BCUT2D eigenvalue weighted by molar-refractivity contribution is 5.71. The first-order valence-electron chi connectivity index (χ1n) is 27.4. The molecular formula is C55H106O6. The number of rotatable bonds is 50. The van der Waals surface area contributed by atoms with Crippen LogP contribution in [-0.4, -0.2) is 37.2 Å². The van der Waals surface area contributed by atoms with Gasteiger partial charge in [0, 0.05) is 19.3 Å². The van der Waals surface area contributed by atoms with Crippen LogP contribution in [0.2, 0.25) is 0 Å². The summed E-state index contributed by atoms with van der Waals surface area (Å²) in [4.78, 5) is 38.0. The number of hydrogen-bond acceptors (Lipinski definition) is 6. The standard InChI is InChI=1S/C55H106O6/c1-5-7-9-11-13-15-17-18-19-20-21-22-23-24-26-30-34-38-42-46-53(56)59-49-52(61-55(58)48-44-40-36-32-25-16-14-12-10-8-6-2)50-60-54(57)47-43-39-35-31-28-27-29-33-37-41-45-51(3)4/h51-52H,5-50H2,1-4H3/t52-/m0/s1. The summed E-state index contributed by atoms with van der Waals surface area (Å²) in [5, 5.41) is 0. The van der Waals surface area contributed by atoms with Gasteiger partial charge in [-0.1, -0.05) is 272 Å². The quantitative estimate of drug-likeness (QED) is 0.0344. The van der Waals surface area contributed by atoms with Gasteiger partial charge in [0.05, 0.1) is 0 Å². The molecule has 362 valence electrons. The fourth-order valence-corrected chi connectivity index (χ4v) is 8.39. The van der Waals surface area contributed by atoms with Crippen molar-refractivity contribution in [3.63, 3.8) is 0 Å². The van der Waals surface area contributed by atoms with Gasteiger partial charge in [0.2, 0.25) is 0 Å². The highest BCUT2D eigenvalue weighted by Gasteiger charge is 2.19. The zero-order valence-corrected chi connectivity index (χ0v) is 41.6. The smallest absolute Gasteiger partial charge is 0.306 e. The molecule has 6 heteroatoms. The zero-order chi connectivity index (χ0) is 44.5. The summed E-state index contributed by atoms with van der Waals surface area (Å²) in [5.41, 5.74) is 0. The van der Waals surface area contributed by atoms with Gasteiger partial charge in [0.15, 0.2) is 6.10 Å². The highest BCUT2D eigenvalue weighted by Crippen LogP contribution is 2.17. The van der Waals surface area contributed by atoms with Gasteiger partial charge in [-0.15, -0.1) is 0 Å². The molecule has 0 unspecified atom stereocenters. The molecule has 6 nitrogen and oxygen atoms in total. The molecule has 0 radical (unpaired) electrons. The second-order valence-electron chi connectivity index (χ2n) is 19.3. The van der Waals surface area contributed by atoms with Crippen LogP contribution in [0.15, 0.2) is 0 Å². The van der Waals surface area contributed by atoms with Crippen molar-refractivity contribution in [2.75, 3.05) is 13.2 Å². The highest BCUT2D eigenvalue weighted by atomic mass is 16.6. The fourth-order valence-electron chi connectivity index (χ4n) is 8.39. The Morgan fingerprint density at radius 1 is 0.311 bits per heavy atom. The maximum absolute atomic E-state index is 12.8. The van der Waals surface area contributed by atoms with E-state index >= 15 is 0 Å². The van der Waals surface area contributed by atoms with Crippen LogP contribution in [-0.2, 0) is 28.6 Å². The van der Waals surface area contributed by atoms with Gasteiger partial charge in [0.25, 0.3) is 0 Å². The van der Waals surface area contributed by atoms with Crippen molar-refractivity contribution in [2.24, 2.45) is 5.92 Å². The molecule has 0 saturated carbocycles. The van der Waals surface area contributed by atoms with Crippen LogP contribution >= 0.6 is 0 Å². The van der Waals surface area contributed by atoms with Gasteiger partial charge < -0.3 is 14.2 Å². The molecule has 0 bridgehead atoms. The summed E-state index contributed by atoms with van der Waals surface area (Å²) >= 11 is 0. The maximum Gasteiger partial charge on any atom is 0.306 e. The molecule has 0 aromatic heterocycles. The lowest BCUT2D eigenvalue weighted by Crippen LogP contribution is -2.30. The van der Waals surface area contributed by atoms with Crippen LogP contribution in [0.4, 0.5) is 0 Å². The predicted octanol–water partition coefficient (Wildman–Crippen LogP) is 17.8. The molecule has 0 amide bonds. The van der Waals surface area contributed by atoms with Crippen LogP contribution in [0.25, 0.3) is 0 Å². The first-order valence-corrected chi connectivity index (χ1v) is 27.4. The maximum atomic E-state index is 12.8. The van der Waals surface area contributed by atoms with E-state index in [9.17, 15) is 14.4 Å². The lowest BCUT2D eigenvalue weighted by molar-refractivity contribution is -0.167. The second-order valence-corrected chi connectivity index (χ2v) is 19.3. The SMILES string of the molecule is CCCCCCCCCCCCCCCCCCCCCC(=O)OC[C@@H](COC(=O)CCCCCCCCCCCCC(C)C)OC(=O)CCCCCCCCCCCCC. The van der Waals surface area contributed by atoms with Gasteiger partial charge in [-0.2, -0.15) is 0 Å².